The number of rotatable bonds is 4. The summed E-state index contributed by atoms with van der Waals surface area (Å²) in [5.74, 6) is -0.295. The SMILES string of the molecule is CC(NCc1cncc(F)c1)c1ccccc1. The summed E-state index contributed by atoms with van der Waals surface area (Å²) in [6.07, 6.45) is 2.89. The molecule has 0 aliphatic carbocycles. The van der Waals surface area contributed by atoms with Gasteiger partial charge < -0.3 is 5.32 Å². The predicted molar refractivity (Wildman–Crippen MR) is 65.9 cm³/mol. The molecule has 0 aliphatic rings. The average Bonchev–Trinajstić information content (AvgIpc) is 2.37. The van der Waals surface area contributed by atoms with Gasteiger partial charge >= 0.3 is 0 Å². The lowest BCUT2D eigenvalue weighted by molar-refractivity contribution is 0.567. The minimum absolute atomic E-state index is 0.236. The average molecular weight is 230 g/mol. The predicted octanol–water partition coefficient (Wildman–Crippen LogP) is 3.07. The molecule has 0 saturated heterocycles. The number of nitrogens with zero attached hydrogens (tertiary/aromatic N) is 1. The first-order valence-corrected chi connectivity index (χ1v) is 5.63. The molecule has 2 rings (SSSR count). The summed E-state index contributed by atoms with van der Waals surface area (Å²) in [5.41, 5.74) is 2.07. The van der Waals surface area contributed by atoms with E-state index in [9.17, 15) is 4.39 Å². The van der Waals surface area contributed by atoms with Crippen molar-refractivity contribution in [2.24, 2.45) is 0 Å². The maximum absolute atomic E-state index is 12.9. The van der Waals surface area contributed by atoms with Gasteiger partial charge in [0.1, 0.15) is 5.82 Å². The first-order valence-electron chi connectivity index (χ1n) is 5.63. The molecule has 1 aromatic heterocycles. The normalized spacial score (nSPS) is 12.4. The molecular weight excluding hydrogens is 215 g/mol. The number of benzene rings is 1. The van der Waals surface area contributed by atoms with Crippen LogP contribution in [-0.4, -0.2) is 4.98 Å². The van der Waals surface area contributed by atoms with Crippen molar-refractivity contribution in [3.63, 3.8) is 0 Å². The van der Waals surface area contributed by atoms with Crippen molar-refractivity contribution < 1.29 is 4.39 Å². The van der Waals surface area contributed by atoms with Crippen LogP contribution >= 0.6 is 0 Å². The Kier molecular flexibility index (Phi) is 3.83. The molecule has 0 amide bonds. The van der Waals surface area contributed by atoms with Crippen LogP contribution in [0.5, 0.6) is 0 Å². The van der Waals surface area contributed by atoms with Gasteiger partial charge in [0.15, 0.2) is 0 Å². The zero-order valence-electron chi connectivity index (χ0n) is 9.73. The first-order chi connectivity index (χ1) is 8.25. The summed E-state index contributed by atoms with van der Waals surface area (Å²) >= 11 is 0. The van der Waals surface area contributed by atoms with Gasteiger partial charge in [0.05, 0.1) is 6.20 Å². The molecule has 17 heavy (non-hydrogen) atoms. The lowest BCUT2D eigenvalue weighted by atomic mass is 10.1. The smallest absolute Gasteiger partial charge is 0.141 e. The number of halogens is 1. The molecule has 1 N–H and O–H groups in total. The van der Waals surface area contributed by atoms with Crippen molar-refractivity contribution >= 4 is 0 Å². The third kappa shape index (κ3) is 3.36. The molecule has 0 radical (unpaired) electrons. The Hall–Kier alpha value is -1.74. The summed E-state index contributed by atoms with van der Waals surface area (Å²) in [6, 6.07) is 11.9. The van der Waals surface area contributed by atoms with Crippen molar-refractivity contribution in [1.29, 1.82) is 0 Å². The quantitative estimate of drug-likeness (QED) is 0.873. The number of aromatic nitrogens is 1. The highest BCUT2D eigenvalue weighted by Crippen LogP contribution is 2.12. The van der Waals surface area contributed by atoms with E-state index in [1.807, 2.05) is 18.2 Å². The van der Waals surface area contributed by atoms with Crippen molar-refractivity contribution in [2.75, 3.05) is 0 Å². The molecule has 88 valence electrons. The van der Waals surface area contributed by atoms with E-state index in [0.717, 1.165) is 5.56 Å². The fourth-order valence-corrected chi connectivity index (χ4v) is 1.68. The number of hydrogen-bond acceptors (Lipinski definition) is 2. The molecule has 3 heteroatoms. The zero-order chi connectivity index (χ0) is 12.1. The fourth-order valence-electron chi connectivity index (χ4n) is 1.68. The van der Waals surface area contributed by atoms with Crippen LogP contribution in [0.2, 0.25) is 0 Å². The highest BCUT2D eigenvalue weighted by atomic mass is 19.1. The van der Waals surface area contributed by atoms with E-state index in [4.69, 9.17) is 0 Å². The number of nitrogens with one attached hydrogen (secondary N) is 1. The summed E-state index contributed by atoms with van der Waals surface area (Å²) in [6.45, 7) is 2.70. The molecule has 0 aliphatic heterocycles. The minimum Gasteiger partial charge on any atom is -0.306 e. The van der Waals surface area contributed by atoms with Crippen LogP contribution in [0.1, 0.15) is 24.1 Å². The van der Waals surface area contributed by atoms with Crippen molar-refractivity contribution in [3.05, 3.63) is 65.7 Å². The van der Waals surface area contributed by atoms with E-state index in [2.05, 4.69) is 29.4 Å². The molecule has 0 fully saturated rings. The van der Waals surface area contributed by atoms with Gasteiger partial charge in [-0.1, -0.05) is 30.3 Å². The van der Waals surface area contributed by atoms with Crippen LogP contribution in [0.25, 0.3) is 0 Å². The van der Waals surface area contributed by atoms with Gasteiger partial charge in [-0.15, -0.1) is 0 Å². The first kappa shape index (κ1) is 11.7. The Bertz CT molecular complexity index is 471. The second-order valence-corrected chi connectivity index (χ2v) is 4.02. The molecule has 0 bridgehead atoms. The standard InChI is InChI=1S/C14H15FN2/c1-11(13-5-3-2-4-6-13)17-9-12-7-14(15)10-16-8-12/h2-8,10-11,17H,9H2,1H3. The van der Waals surface area contributed by atoms with Crippen LogP contribution in [-0.2, 0) is 6.54 Å². The van der Waals surface area contributed by atoms with Gasteiger partial charge in [-0.25, -0.2) is 4.39 Å². The molecule has 2 aromatic rings. The van der Waals surface area contributed by atoms with E-state index in [0.29, 0.717) is 6.54 Å². The van der Waals surface area contributed by atoms with Gasteiger partial charge in [0.2, 0.25) is 0 Å². The molecule has 1 heterocycles. The molecular formula is C14H15FN2. The van der Waals surface area contributed by atoms with Gasteiger partial charge in [-0.05, 0) is 24.1 Å². The van der Waals surface area contributed by atoms with Crippen LogP contribution in [0.4, 0.5) is 4.39 Å². The Morgan fingerprint density at radius 2 is 2.00 bits per heavy atom. The maximum Gasteiger partial charge on any atom is 0.141 e. The Morgan fingerprint density at radius 3 is 2.71 bits per heavy atom. The molecule has 2 nitrogen and oxygen atoms in total. The van der Waals surface area contributed by atoms with Gasteiger partial charge in [0.25, 0.3) is 0 Å². The lowest BCUT2D eigenvalue weighted by Gasteiger charge is -2.13. The Labute approximate surface area is 101 Å². The van der Waals surface area contributed by atoms with E-state index in [1.165, 1.54) is 17.8 Å². The van der Waals surface area contributed by atoms with Crippen LogP contribution in [0.3, 0.4) is 0 Å². The largest absolute Gasteiger partial charge is 0.306 e. The maximum atomic E-state index is 12.9. The molecule has 1 unspecified atom stereocenters. The summed E-state index contributed by atoms with van der Waals surface area (Å²) in [7, 11) is 0. The fraction of sp³-hybridized carbons (Fsp3) is 0.214. The van der Waals surface area contributed by atoms with Crippen LogP contribution < -0.4 is 5.32 Å². The van der Waals surface area contributed by atoms with E-state index in [1.54, 1.807) is 6.20 Å². The second kappa shape index (κ2) is 5.55. The highest BCUT2D eigenvalue weighted by Gasteiger charge is 2.04. The topological polar surface area (TPSA) is 24.9 Å². The summed E-state index contributed by atoms with van der Waals surface area (Å²) in [5, 5.41) is 3.34. The minimum atomic E-state index is -0.295. The Balaban J connectivity index is 1.95. The molecule has 1 atom stereocenters. The summed E-state index contributed by atoms with van der Waals surface area (Å²) in [4.78, 5) is 3.82. The van der Waals surface area contributed by atoms with E-state index < -0.39 is 0 Å². The van der Waals surface area contributed by atoms with E-state index >= 15 is 0 Å². The van der Waals surface area contributed by atoms with Gasteiger partial charge in [-0.2, -0.15) is 0 Å². The molecule has 0 spiro atoms. The number of pyridine rings is 1. The molecule has 1 aromatic carbocycles. The van der Waals surface area contributed by atoms with Crippen LogP contribution in [0, 0.1) is 5.82 Å². The van der Waals surface area contributed by atoms with Gasteiger partial charge in [0, 0.05) is 18.8 Å². The van der Waals surface area contributed by atoms with Crippen molar-refractivity contribution in [1.82, 2.24) is 10.3 Å². The van der Waals surface area contributed by atoms with Crippen LogP contribution in [0.15, 0.2) is 48.8 Å². The Morgan fingerprint density at radius 1 is 1.24 bits per heavy atom. The molecule has 0 saturated carbocycles. The van der Waals surface area contributed by atoms with Crippen molar-refractivity contribution in [3.8, 4) is 0 Å². The monoisotopic (exact) mass is 230 g/mol. The van der Waals surface area contributed by atoms with Crippen molar-refractivity contribution in [2.45, 2.75) is 19.5 Å². The highest BCUT2D eigenvalue weighted by molar-refractivity contribution is 5.18. The number of hydrogen-bond donors (Lipinski definition) is 1. The van der Waals surface area contributed by atoms with E-state index in [-0.39, 0.29) is 11.9 Å². The van der Waals surface area contributed by atoms with Gasteiger partial charge in [-0.3, -0.25) is 4.98 Å². The zero-order valence-corrected chi connectivity index (χ0v) is 9.73. The second-order valence-electron chi connectivity index (χ2n) is 4.02. The summed E-state index contributed by atoms with van der Waals surface area (Å²) < 4.78 is 12.9. The third-order valence-corrected chi connectivity index (χ3v) is 2.67. The third-order valence-electron chi connectivity index (χ3n) is 2.67. The lowest BCUT2D eigenvalue weighted by Crippen LogP contribution is -2.18.